The average molecular weight is 917 g/mol. The number of hydrogen-bond acceptors (Lipinski definition) is 12. The third-order valence-corrected chi connectivity index (χ3v) is 19.4. The highest BCUT2D eigenvalue weighted by Gasteiger charge is 2.55. The number of aromatic nitrogens is 2. The van der Waals surface area contributed by atoms with Crippen molar-refractivity contribution in [1.82, 2.24) is 14.2 Å². The van der Waals surface area contributed by atoms with Gasteiger partial charge in [0.25, 0.3) is 14.1 Å². The smallest absolute Gasteiger partial charge is 0.331 e. The molecule has 3 heterocycles. The van der Waals surface area contributed by atoms with E-state index in [9.17, 15) is 19.7 Å². The zero-order valence-corrected chi connectivity index (χ0v) is 40.7. The van der Waals surface area contributed by atoms with E-state index in [2.05, 4.69) is 44.9 Å². The molecule has 6 rings (SSSR count). The number of nitrogens with zero attached hydrogens (tertiary/aromatic N) is 3. The summed E-state index contributed by atoms with van der Waals surface area (Å²) in [7, 11) is -1.57. The third kappa shape index (κ3) is 9.90. The van der Waals surface area contributed by atoms with Crippen molar-refractivity contribution in [2.75, 3.05) is 27.4 Å². The fourth-order valence-electron chi connectivity index (χ4n) is 8.21. The summed E-state index contributed by atoms with van der Waals surface area (Å²) in [4.78, 5) is 41.2. The number of fused-ring (bicyclic) bond motifs is 1. The summed E-state index contributed by atoms with van der Waals surface area (Å²) in [5.74, 6) is -0.343. The minimum Gasteiger partial charge on any atom is -0.497 e. The molecule has 338 valence electrons. The first kappa shape index (κ1) is 48.3. The van der Waals surface area contributed by atoms with E-state index in [0.717, 1.165) is 16.7 Å². The number of benzene rings is 3. The van der Waals surface area contributed by atoms with Gasteiger partial charge in [-0.3, -0.25) is 14.3 Å². The van der Waals surface area contributed by atoms with Crippen molar-refractivity contribution in [2.24, 2.45) is 11.8 Å². The van der Waals surface area contributed by atoms with E-state index in [4.69, 9.17) is 27.9 Å². The predicted octanol–water partition coefficient (Wildman–Crippen LogP) is 9.18. The monoisotopic (exact) mass is 916 g/mol. The Balaban J connectivity index is 1.55. The molecule has 63 heavy (non-hydrogen) atoms. The van der Waals surface area contributed by atoms with E-state index in [0.29, 0.717) is 21.7 Å². The molecule has 2 unspecified atom stereocenters. The number of methoxy groups -OCH3 is 2. The van der Waals surface area contributed by atoms with E-state index < -0.39 is 64.0 Å². The first-order valence-corrected chi connectivity index (χ1v) is 26.2. The molecule has 1 saturated heterocycles. The molecule has 1 aliphatic rings. The average Bonchev–Trinajstić information content (AvgIpc) is 3.87. The quantitative estimate of drug-likeness (QED) is 0.0491. The number of rotatable bonds is 18. The Kier molecular flexibility index (Phi) is 15.2. The number of aromatic amines is 1. The maximum atomic E-state index is 14.1. The van der Waals surface area contributed by atoms with Crippen LogP contribution in [0.25, 0.3) is 10.2 Å². The standard InChI is InChI=1S/C47H61N4O9PSSi/c1-30(2)51(31(3)4)61(54)58-28-32(27-48)40-39(59-44(41(40)60-63(10,11)46(5,6)7)50-38-25-26-62-42(38)43(52)49-45(50)53)29-57-47(33-15-13-12-14-16-33,34-17-21-36(55-8)22-18-34)35-19-23-37(56-9)24-20-35/h12-26,30-32,39-41,44,54H,28-29H2,1-11H3,(H,49,52,53)/t32?,39-,40+,41+,44+,61?/m0/s1. The molecule has 0 amide bonds. The van der Waals surface area contributed by atoms with Crippen LogP contribution >= 0.6 is 19.9 Å². The SMILES string of the molecule is COc1ccc(C(OC[C@@H]2O[C@@H](n3c(=O)[nH]c(=O)c4sccc43)[C@H](O[Si](C)(C)C(C)(C)C)[C@@H]2C(C#N)COP(O)N(C(C)C)C(C)C)(c2ccccc2)c2ccc(OC)cc2)cc1. The number of H-pyrrole nitrogens is 1. The fraction of sp³-hybridized carbons (Fsp3) is 0.468. The summed E-state index contributed by atoms with van der Waals surface area (Å²) in [5.41, 5.74) is 0.406. The topological polar surface area (TPSA) is 158 Å². The van der Waals surface area contributed by atoms with E-state index in [1.165, 1.54) is 15.9 Å². The summed E-state index contributed by atoms with van der Waals surface area (Å²) in [6, 6.07) is 29.5. The molecule has 6 atom stereocenters. The first-order valence-electron chi connectivity index (χ1n) is 21.2. The lowest BCUT2D eigenvalue weighted by Gasteiger charge is -2.42. The molecular weight excluding hydrogens is 856 g/mol. The van der Waals surface area contributed by atoms with Gasteiger partial charge in [-0.2, -0.15) is 5.26 Å². The van der Waals surface area contributed by atoms with Gasteiger partial charge in [0, 0.05) is 18.0 Å². The summed E-state index contributed by atoms with van der Waals surface area (Å²) >= 11 is 1.22. The largest absolute Gasteiger partial charge is 0.497 e. The number of thiophene rings is 1. The molecule has 2 aromatic heterocycles. The van der Waals surface area contributed by atoms with Gasteiger partial charge in [0.15, 0.2) is 14.5 Å². The summed E-state index contributed by atoms with van der Waals surface area (Å²) in [6.45, 7) is 18.3. The van der Waals surface area contributed by atoms with Crippen molar-refractivity contribution in [3.63, 3.8) is 0 Å². The van der Waals surface area contributed by atoms with Crippen molar-refractivity contribution >= 4 is 38.4 Å². The highest BCUT2D eigenvalue weighted by Crippen LogP contribution is 2.49. The van der Waals surface area contributed by atoms with Gasteiger partial charge < -0.3 is 32.8 Å². The molecule has 0 radical (unpaired) electrons. The van der Waals surface area contributed by atoms with Crippen LogP contribution in [-0.2, 0) is 24.0 Å². The van der Waals surface area contributed by atoms with Crippen LogP contribution in [0.5, 0.6) is 11.5 Å². The summed E-state index contributed by atoms with van der Waals surface area (Å²) in [6.07, 6.45) is -2.88. The second kappa shape index (κ2) is 19.9. The van der Waals surface area contributed by atoms with Crippen LogP contribution < -0.4 is 20.7 Å². The van der Waals surface area contributed by atoms with E-state index in [-0.39, 0.29) is 30.3 Å². The van der Waals surface area contributed by atoms with Crippen molar-refractivity contribution in [3.05, 3.63) is 128 Å². The molecule has 16 heteroatoms. The highest BCUT2D eigenvalue weighted by molar-refractivity contribution is 7.43. The molecule has 2 N–H and O–H groups in total. The van der Waals surface area contributed by atoms with Crippen LogP contribution in [0, 0.1) is 23.2 Å². The van der Waals surface area contributed by atoms with Gasteiger partial charge in [0.1, 0.15) is 21.8 Å². The molecule has 3 aromatic carbocycles. The minimum absolute atomic E-state index is 0.0289. The number of hydrogen-bond donors (Lipinski definition) is 2. The molecule has 0 aliphatic carbocycles. The third-order valence-electron chi connectivity index (χ3n) is 12.3. The number of nitriles is 1. The second-order valence-corrected chi connectivity index (χ2v) is 24.8. The number of ether oxygens (including phenoxy) is 4. The Morgan fingerprint density at radius 1 is 0.905 bits per heavy atom. The van der Waals surface area contributed by atoms with Crippen molar-refractivity contribution in [1.29, 1.82) is 5.26 Å². The van der Waals surface area contributed by atoms with Gasteiger partial charge in [-0.25, -0.2) is 9.46 Å². The lowest BCUT2D eigenvalue weighted by molar-refractivity contribution is -0.0903. The van der Waals surface area contributed by atoms with Crippen molar-refractivity contribution in [2.45, 2.75) is 103 Å². The highest BCUT2D eigenvalue weighted by atomic mass is 32.1. The van der Waals surface area contributed by atoms with Crippen LogP contribution in [0.3, 0.4) is 0 Å². The fourth-order valence-corrected chi connectivity index (χ4v) is 11.5. The summed E-state index contributed by atoms with van der Waals surface area (Å²) in [5, 5.41) is 12.7. The lowest BCUT2D eigenvalue weighted by Crippen LogP contribution is -2.50. The van der Waals surface area contributed by atoms with Gasteiger partial charge in [-0.05, 0) is 98.2 Å². The molecule has 1 aliphatic heterocycles. The normalized spacial score (nSPS) is 19.5. The molecule has 1 fully saturated rings. The van der Waals surface area contributed by atoms with Gasteiger partial charge in [-0.1, -0.05) is 75.4 Å². The van der Waals surface area contributed by atoms with Crippen molar-refractivity contribution < 1.29 is 32.8 Å². The van der Waals surface area contributed by atoms with E-state index in [1.54, 1.807) is 25.7 Å². The molecular formula is C47H61N4O9PSSi. The zero-order valence-electron chi connectivity index (χ0n) is 38.0. The van der Waals surface area contributed by atoms with Crippen LogP contribution in [0.1, 0.15) is 71.4 Å². The lowest BCUT2D eigenvalue weighted by atomic mass is 9.79. The van der Waals surface area contributed by atoms with Crippen LogP contribution in [0.4, 0.5) is 0 Å². The Morgan fingerprint density at radius 2 is 1.46 bits per heavy atom. The molecule has 5 aromatic rings. The number of nitrogens with one attached hydrogen (secondary N) is 1. The molecule has 0 bridgehead atoms. The second-order valence-electron chi connectivity index (χ2n) is 17.9. The molecule has 13 nitrogen and oxygen atoms in total. The molecule has 0 spiro atoms. The van der Waals surface area contributed by atoms with Crippen molar-refractivity contribution in [3.8, 4) is 17.6 Å². The Hall–Kier alpha value is -4.20. The van der Waals surface area contributed by atoms with E-state index in [1.807, 2.05) is 111 Å². The zero-order chi connectivity index (χ0) is 45.9. The minimum atomic E-state index is -2.72. The van der Waals surface area contributed by atoms with Crippen LogP contribution in [-0.4, -0.2) is 79.2 Å². The summed E-state index contributed by atoms with van der Waals surface area (Å²) < 4.78 is 43.0. The van der Waals surface area contributed by atoms with Crippen LogP contribution in [0.15, 0.2) is 99.9 Å². The van der Waals surface area contributed by atoms with Gasteiger partial charge in [0.2, 0.25) is 0 Å². The van der Waals surface area contributed by atoms with Gasteiger partial charge in [-0.15, -0.1) is 11.3 Å². The maximum Gasteiger partial charge on any atom is 0.331 e. The Morgan fingerprint density at radius 3 is 1.97 bits per heavy atom. The predicted molar refractivity (Wildman–Crippen MR) is 251 cm³/mol. The first-order chi connectivity index (χ1) is 29.9. The van der Waals surface area contributed by atoms with Crippen LogP contribution in [0.2, 0.25) is 18.1 Å². The van der Waals surface area contributed by atoms with E-state index >= 15 is 0 Å². The Bertz CT molecular complexity index is 2390. The molecule has 0 saturated carbocycles. The maximum absolute atomic E-state index is 14.1. The van der Waals surface area contributed by atoms with Gasteiger partial charge >= 0.3 is 5.69 Å². The van der Waals surface area contributed by atoms with Gasteiger partial charge in [0.05, 0.1) is 57.1 Å². The Labute approximate surface area is 376 Å².